The minimum Gasteiger partial charge on any atom is -0.452 e. The number of rotatable bonds is 8. The van der Waals surface area contributed by atoms with E-state index in [0.29, 0.717) is 5.56 Å². The Morgan fingerprint density at radius 1 is 1.33 bits per heavy atom. The summed E-state index contributed by atoms with van der Waals surface area (Å²) < 4.78 is 10.7. The van der Waals surface area contributed by atoms with E-state index in [0.717, 1.165) is 36.5 Å². The summed E-state index contributed by atoms with van der Waals surface area (Å²) in [5.74, 6) is -0.503. The van der Waals surface area contributed by atoms with Crippen molar-refractivity contribution in [3.63, 3.8) is 0 Å². The van der Waals surface area contributed by atoms with Gasteiger partial charge in [-0.25, -0.2) is 9.59 Å². The van der Waals surface area contributed by atoms with Crippen molar-refractivity contribution in [2.45, 2.75) is 50.2 Å². The lowest BCUT2D eigenvalue weighted by atomic mass is 10.2. The van der Waals surface area contributed by atoms with Gasteiger partial charge < -0.3 is 14.8 Å². The summed E-state index contributed by atoms with van der Waals surface area (Å²) in [6, 6.07) is 6.45. The molecule has 1 aromatic rings. The number of carbonyl (C=O) groups is 3. The second kappa shape index (κ2) is 10.9. The lowest BCUT2D eigenvalue weighted by Crippen LogP contribution is -2.44. The highest BCUT2D eigenvalue weighted by molar-refractivity contribution is 7.99. The topological polar surface area (TPSA) is 93.7 Å². The van der Waals surface area contributed by atoms with Crippen LogP contribution in [0.1, 0.15) is 43.5 Å². The summed E-state index contributed by atoms with van der Waals surface area (Å²) in [6.45, 7) is 4.02. The van der Waals surface area contributed by atoms with E-state index in [1.54, 1.807) is 12.1 Å². The van der Waals surface area contributed by atoms with Gasteiger partial charge in [0.2, 0.25) is 0 Å². The maximum atomic E-state index is 12.3. The lowest BCUT2D eigenvalue weighted by Gasteiger charge is -2.13. The second-order valence-electron chi connectivity index (χ2n) is 6.35. The number of esters is 1. The van der Waals surface area contributed by atoms with Gasteiger partial charge in [-0.2, -0.15) is 0 Å². The van der Waals surface area contributed by atoms with Gasteiger partial charge in [-0.05, 0) is 38.3 Å². The Hall–Kier alpha value is -2.06. The molecule has 1 saturated heterocycles. The molecule has 2 N–H and O–H groups in total. The van der Waals surface area contributed by atoms with Gasteiger partial charge in [0.1, 0.15) is 0 Å². The molecule has 2 rings (SSSR count). The van der Waals surface area contributed by atoms with Crippen LogP contribution in [0.5, 0.6) is 0 Å². The maximum Gasteiger partial charge on any atom is 0.339 e. The number of hydrogen-bond donors (Lipinski definition) is 2. The fourth-order valence-corrected chi connectivity index (χ4v) is 3.56. The number of imide groups is 1. The largest absolute Gasteiger partial charge is 0.452 e. The van der Waals surface area contributed by atoms with Gasteiger partial charge >= 0.3 is 12.0 Å². The Morgan fingerprint density at radius 3 is 2.81 bits per heavy atom. The molecule has 0 unspecified atom stereocenters. The average Bonchev–Trinajstić information content (AvgIpc) is 3.18. The molecule has 1 aromatic carbocycles. The highest BCUT2D eigenvalue weighted by atomic mass is 32.2. The van der Waals surface area contributed by atoms with Crippen LogP contribution in [0.3, 0.4) is 0 Å². The summed E-state index contributed by atoms with van der Waals surface area (Å²) in [5, 5.41) is 4.75. The molecule has 27 heavy (non-hydrogen) atoms. The molecule has 0 bridgehead atoms. The van der Waals surface area contributed by atoms with Crippen molar-refractivity contribution >= 4 is 29.7 Å². The molecule has 8 heteroatoms. The molecule has 7 nitrogen and oxygen atoms in total. The Kier molecular flexibility index (Phi) is 8.60. The van der Waals surface area contributed by atoms with E-state index in [-0.39, 0.29) is 12.1 Å². The fraction of sp³-hybridized carbons (Fsp3) is 0.526. The van der Waals surface area contributed by atoms with E-state index in [1.165, 1.54) is 11.8 Å². The van der Waals surface area contributed by atoms with Crippen molar-refractivity contribution in [3.05, 3.63) is 29.8 Å². The maximum absolute atomic E-state index is 12.3. The van der Waals surface area contributed by atoms with Crippen LogP contribution in [0, 0.1) is 0 Å². The summed E-state index contributed by atoms with van der Waals surface area (Å²) in [5.41, 5.74) is 0.400. The molecule has 1 aliphatic rings. The number of urea groups is 1. The third-order valence-electron chi connectivity index (χ3n) is 4.13. The van der Waals surface area contributed by atoms with Gasteiger partial charge in [0.05, 0.1) is 11.7 Å². The first-order chi connectivity index (χ1) is 13.0. The first-order valence-electron chi connectivity index (χ1n) is 9.10. The third-order valence-corrected chi connectivity index (χ3v) is 5.34. The van der Waals surface area contributed by atoms with Crippen molar-refractivity contribution in [1.29, 1.82) is 0 Å². The smallest absolute Gasteiger partial charge is 0.339 e. The molecule has 1 fully saturated rings. The molecular formula is C19H26N2O5S. The standard InChI is InChI=1S/C19H26N2O5S/c1-3-13(2)20-19(24)21-17(22)11-26-18(23)15-8-4-5-9-16(15)27-12-14-7-6-10-25-14/h4-5,8-9,13-14H,3,6-7,10-12H2,1-2H3,(H2,20,21,22,24)/t13-,14-/m1/s1. The van der Waals surface area contributed by atoms with Crippen molar-refractivity contribution < 1.29 is 23.9 Å². The molecule has 2 atom stereocenters. The number of amides is 3. The van der Waals surface area contributed by atoms with Crippen LogP contribution in [0.4, 0.5) is 4.79 Å². The summed E-state index contributed by atoms with van der Waals surface area (Å²) in [4.78, 5) is 36.5. The number of hydrogen-bond acceptors (Lipinski definition) is 6. The first kappa shape index (κ1) is 21.2. The predicted molar refractivity (Wildman–Crippen MR) is 103 cm³/mol. The zero-order valence-electron chi connectivity index (χ0n) is 15.7. The van der Waals surface area contributed by atoms with Gasteiger partial charge in [-0.15, -0.1) is 11.8 Å². The van der Waals surface area contributed by atoms with Crippen LogP contribution in [-0.4, -0.2) is 49.0 Å². The van der Waals surface area contributed by atoms with Gasteiger partial charge in [0.15, 0.2) is 6.61 Å². The molecule has 0 spiro atoms. The second-order valence-corrected chi connectivity index (χ2v) is 7.41. The average molecular weight is 394 g/mol. The van der Waals surface area contributed by atoms with Gasteiger partial charge in [-0.3, -0.25) is 10.1 Å². The van der Waals surface area contributed by atoms with Crippen LogP contribution in [0.15, 0.2) is 29.2 Å². The minimum absolute atomic E-state index is 0.0481. The van der Waals surface area contributed by atoms with Crippen LogP contribution in [0.2, 0.25) is 0 Å². The van der Waals surface area contributed by atoms with E-state index < -0.39 is 24.5 Å². The van der Waals surface area contributed by atoms with Crippen LogP contribution in [0.25, 0.3) is 0 Å². The fourth-order valence-electron chi connectivity index (χ4n) is 2.45. The van der Waals surface area contributed by atoms with Crippen LogP contribution >= 0.6 is 11.8 Å². The highest BCUT2D eigenvalue weighted by Crippen LogP contribution is 2.27. The molecule has 0 aliphatic carbocycles. The Bertz CT molecular complexity index is 661. The number of carbonyl (C=O) groups excluding carboxylic acids is 3. The molecule has 148 valence electrons. The van der Waals surface area contributed by atoms with Gasteiger partial charge in [-0.1, -0.05) is 19.1 Å². The molecule has 3 amide bonds. The van der Waals surface area contributed by atoms with Crippen molar-refractivity contribution in [2.24, 2.45) is 0 Å². The van der Waals surface area contributed by atoms with Gasteiger partial charge in [0, 0.05) is 23.3 Å². The molecule has 1 aliphatic heterocycles. The van der Waals surface area contributed by atoms with Crippen LogP contribution in [-0.2, 0) is 14.3 Å². The summed E-state index contributed by atoms with van der Waals surface area (Å²) >= 11 is 1.54. The molecule has 0 saturated carbocycles. The number of nitrogens with one attached hydrogen (secondary N) is 2. The van der Waals surface area contributed by atoms with E-state index in [2.05, 4.69) is 10.6 Å². The van der Waals surface area contributed by atoms with E-state index in [1.807, 2.05) is 26.0 Å². The van der Waals surface area contributed by atoms with Crippen LogP contribution < -0.4 is 10.6 Å². The molecule has 0 aromatic heterocycles. The normalized spacial score (nSPS) is 17.2. The molecular weight excluding hydrogens is 368 g/mol. The number of thioether (sulfide) groups is 1. The number of benzene rings is 1. The SMILES string of the molecule is CC[C@@H](C)NC(=O)NC(=O)COC(=O)c1ccccc1SC[C@H]1CCCO1. The third kappa shape index (κ3) is 7.22. The first-order valence-corrected chi connectivity index (χ1v) is 10.1. The highest BCUT2D eigenvalue weighted by Gasteiger charge is 2.19. The van der Waals surface area contributed by atoms with Crippen molar-refractivity contribution in [3.8, 4) is 0 Å². The van der Waals surface area contributed by atoms with Crippen molar-refractivity contribution in [1.82, 2.24) is 10.6 Å². The van der Waals surface area contributed by atoms with Gasteiger partial charge in [0.25, 0.3) is 5.91 Å². The zero-order valence-corrected chi connectivity index (χ0v) is 16.5. The van der Waals surface area contributed by atoms with Crippen molar-refractivity contribution in [2.75, 3.05) is 19.0 Å². The minimum atomic E-state index is -0.673. The number of ether oxygens (including phenoxy) is 2. The predicted octanol–water partition coefficient (Wildman–Crippen LogP) is 2.74. The molecule has 1 heterocycles. The summed E-state index contributed by atoms with van der Waals surface area (Å²) in [7, 11) is 0. The molecule has 0 radical (unpaired) electrons. The monoisotopic (exact) mass is 394 g/mol. The van der Waals surface area contributed by atoms with E-state index >= 15 is 0 Å². The van der Waals surface area contributed by atoms with E-state index in [9.17, 15) is 14.4 Å². The Labute approximate surface area is 163 Å². The quantitative estimate of drug-likeness (QED) is 0.520. The zero-order chi connectivity index (χ0) is 19.6. The Balaban J connectivity index is 1.82. The Morgan fingerprint density at radius 2 is 2.11 bits per heavy atom. The van der Waals surface area contributed by atoms with E-state index in [4.69, 9.17) is 9.47 Å². The summed E-state index contributed by atoms with van der Waals surface area (Å²) in [6.07, 6.45) is 3.04. The lowest BCUT2D eigenvalue weighted by molar-refractivity contribution is -0.123.